The van der Waals surface area contributed by atoms with Gasteiger partial charge in [0.15, 0.2) is 0 Å². The van der Waals surface area contributed by atoms with Crippen LogP contribution in [-0.4, -0.2) is 24.6 Å². The number of hydrogen-bond acceptors (Lipinski definition) is 5. The number of nitrogens with zero attached hydrogens (tertiary/aromatic N) is 1. The number of para-hydroxylation sites is 1. The number of benzene rings is 3. The fourth-order valence-electron chi connectivity index (χ4n) is 3.22. The number of carbonyl (C=O) groups is 1. The van der Waals surface area contributed by atoms with Crippen LogP contribution in [0.2, 0.25) is 0 Å². The maximum Gasteiger partial charge on any atom is 0.246 e. The standard InChI is InChI=1S/C24H22N2O3S/c1-28-19-13-11-18(12-14-19)24(17-7-3-2-4-8-17)26-22(27)15-29-16-23-25-20-9-5-6-10-21(20)30-23/h2-14,24H,15-16H2,1H3,(H,26,27). The van der Waals surface area contributed by atoms with Crippen LogP contribution in [0.1, 0.15) is 22.2 Å². The second-order valence-electron chi connectivity index (χ2n) is 6.75. The number of aromatic nitrogens is 1. The minimum Gasteiger partial charge on any atom is -0.497 e. The van der Waals surface area contributed by atoms with Crippen molar-refractivity contribution in [2.24, 2.45) is 0 Å². The summed E-state index contributed by atoms with van der Waals surface area (Å²) in [5.74, 6) is 0.594. The Kier molecular flexibility index (Phi) is 6.37. The lowest BCUT2D eigenvalue weighted by molar-refractivity contribution is -0.126. The van der Waals surface area contributed by atoms with Gasteiger partial charge in [-0.05, 0) is 35.4 Å². The minimum absolute atomic E-state index is 0.0323. The molecule has 1 N–H and O–H groups in total. The molecule has 1 aromatic heterocycles. The maximum absolute atomic E-state index is 12.6. The number of amides is 1. The van der Waals surface area contributed by atoms with Crippen molar-refractivity contribution in [2.75, 3.05) is 13.7 Å². The zero-order valence-corrected chi connectivity index (χ0v) is 17.4. The second kappa shape index (κ2) is 9.52. The maximum atomic E-state index is 12.6. The van der Waals surface area contributed by atoms with E-state index in [1.165, 1.54) is 0 Å². The predicted molar refractivity (Wildman–Crippen MR) is 119 cm³/mol. The van der Waals surface area contributed by atoms with Gasteiger partial charge in [0, 0.05) is 0 Å². The Morgan fingerprint density at radius 1 is 0.967 bits per heavy atom. The van der Waals surface area contributed by atoms with Crippen molar-refractivity contribution in [1.29, 1.82) is 0 Å². The van der Waals surface area contributed by atoms with Gasteiger partial charge in [-0.25, -0.2) is 4.98 Å². The molecule has 5 nitrogen and oxygen atoms in total. The monoisotopic (exact) mass is 418 g/mol. The summed E-state index contributed by atoms with van der Waals surface area (Å²) < 4.78 is 12.0. The van der Waals surface area contributed by atoms with Gasteiger partial charge in [0.25, 0.3) is 0 Å². The highest BCUT2D eigenvalue weighted by Gasteiger charge is 2.17. The molecule has 3 aromatic carbocycles. The first-order valence-electron chi connectivity index (χ1n) is 9.63. The molecule has 0 aliphatic rings. The number of thiazole rings is 1. The molecule has 0 aliphatic carbocycles. The number of carbonyl (C=O) groups excluding carboxylic acids is 1. The first kappa shape index (κ1) is 20.1. The van der Waals surface area contributed by atoms with Crippen LogP contribution in [0.5, 0.6) is 5.75 Å². The van der Waals surface area contributed by atoms with Gasteiger partial charge in [0.2, 0.25) is 5.91 Å². The van der Waals surface area contributed by atoms with Gasteiger partial charge in [-0.2, -0.15) is 0 Å². The summed E-state index contributed by atoms with van der Waals surface area (Å²) >= 11 is 1.58. The van der Waals surface area contributed by atoms with Gasteiger partial charge in [-0.3, -0.25) is 4.79 Å². The molecule has 1 unspecified atom stereocenters. The lowest BCUT2D eigenvalue weighted by Crippen LogP contribution is -2.32. The minimum atomic E-state index is -0.268. The Bertz CT molecular complexity index is 1080. The van der Waals surface area contributed by atoms with Gasteiger partial charge < -0.3 is 14.8 Å². The van der Waals surface area contributed by atoms with E-state index in [9.17, 15) is 4.79 Å². The molecular weight excluding hydrogens is 396 g/mol. The van der Waals surface area contributed by atoms with E-state index in [2.05, 4.69) is 10.3 Å². The highest BCUT2D eigenvalue weighted by Crippen LogP contribution is 2.24. The van der Waals surface area contributed by atoms with E-state index < -0.39 is 0 Å². The average Bonchev–Trinajstić information content (AvgIpc) is 3.21. The van der Waals surface area contributed by atoms with Crippen LogP contribution < -0.4 is 10.1 Å². The third-order valence-corrected chi connectivity index (χ3v) is 5.69. The van der Waals surface area contributed by atoms with Gasteiger partial charge in [-0.1, -0.05) is 54.6 Å². The van der Waals surface area contributed by atoms with E-state index in [1.807, 2.05) is 78.9 Å². The highest BCUT2D eigenvalue weighted by atomic mass is 32.1. The van der Waals surface area contributed by atoms with E-state index in [4.69, 9.17) is 9.47 Å². The number of fused-ring (bicyclic) bond motifs is 1. The van der Waals surface area contributed by atoms with Crippen molar-refractivity contribution >= 4 is 27.5 Å². The largest absolute Gasteiger partial charge is 0.497 e. The van der Waals surface area contributed by atoms with Crippen LogP contribution in [0.4, 0.5) is 0 Å². The van der Waals surface area contributed by atoms with Crippen LogP contribution in [0.3, 0.4) is 0 Å². The van der Waals surface area contributed by atoms with Gasteiger partial charge >= 0.3 is 0 Å². The molecule has 1 atom stereocenters. The molecule has 0 aliphatic heterocycles. The molecule has 0 spiro atoms. The smallest absolute Gasteiger partial charge is 0.246 e. The Labute approximate surface area is 179 Å². The molecule has 6 heteroatoms. The fourth-order valence-corrected chi connectivity index (χ4v) is 4.12. The third-order valence-electron chi connectivity index (χ3n) is 4.68. The second-order valence-corrected chi connectivity index (χ2v) is 7.87. The van der Waals surface area contributed by atoms with Crippen molar-refractivity contribution < 1.29 is 14.3 Å². The van der Waals surface area contributed by atoms with Crippen LogP contribution in [-0.2, 0) is 16.1 Å². The lowest BCUT2D eigenvalue weighted by atomic mass is 9.98. The van der Waals surface area contributed by atoms with Gasteiger partial charge in [0.1, 0.15) is 17.4 Å². The van der Waals surface area contributed by atoms with Crippen molar-refractivity contribution in [3.63, 3.8) is 0 Å². The molecular formula is C24H22N2O3S. The summed E-state index contributed by atoms with van der Waals surface area (Å²) in [6.45, 7) is 0.278. The Balaban J connectivity index is 1.40. The molecule has 0 saturated heterocycles. The van der Waals surface area contributed by atoms with Crippen molar-refractivity contribution in [2.45, 2.75) is 12.6 Å². The summed E-state index contributed by atoms with van der Waals surface area (Å²) in [4.78, 5) is 17.1. The van der Waals surface area contributed by atoms with Crippen LogP contribution in [0, 0.1) is 0 Å². The Morgan fingerprint density at radius 3 is 2.40 bits per heavy atom. The van der Waals surface area contributed by atoms with E-state index in [0.29, 0.717) is 6.61 Å². The van der Waals surface area contributed by atoms with E-state index >= 15 is 0 Å². The number of hydrogen-bond donors (Lipinski definition) is 1. The predicted octanol–water partition coefficient (Wildman–Crippen LogP) is 4.73. The van der Waals surface area contributed by atoms with E-state index in [-0.39, 0.29) is 18.6 Å². The first-order valence-corrected chi connectivity index (χ1v) is 10.4. The third kappa shape index (κ3) is 4.84. The van der Waals surface area contributed by atoms with E-state index in [0.717, 1.165) is 32.1 Å². The number of ether oxygens (including phenoxy) is 2. The topological polar surface area (TPSA) is 60.5 Å². The summed E-state index contributed by atoms with van der Waals surface area (Å²) in [5, 5.41) is 3.94. The normalized spacial score (nSPS) is 11.9. The van der Waals surface area contributed by atoms with Crippen molar-refractivity contribution in [1.82, 2.24) is 10.3 Å². The van der Waals surface area contributed by atoms with Crippen LogP contribution in [0.15, 0.2) is 78.9 Å². The molecule has 0 fully saturated rings. The molecule has 1 amide bonds. The fraction of sp³-hybridized carbons (Fsp3) is 0.167. The Hall–Kier alpha value is -3.22. The number of rotatable bonds is 8. The van der Waals surface area contributed by atoms with Crippen LogP contribution in [0.25, 0.3) is 10.2 Å². The van der Waals surface area contributed by atoms with Gasteiger partial charge in [0.05, 0.1) is 30.0 Å². The molecule has 152 valence electrons. The van der Waals surface area contributed by atoms with Crippen LogP contribution >= 0.6 is 11.3 Å². The highest BCUT2D eigenvalue weighted by molar-refractivity contribution is 7.18. The Morgan fingerprint density at radius 2 is 1.67 bits per heavy atom. The number of nitrogens with one attached hydrogen (secondary N) is 1. The SMILES string of the molecule is COc1ccc(C(NC(=O)COCc2nc3ccccc3s2)c2ccccc2)cc1. The molecule has 0 radical (unpaired) electrons. The summed E-state index contributed by atoms with van der Waals surface area (Å²) in [6, 6.07) is 25.2. The first-order chi connectivity index (χ1) is 14.7. The number of methoxy groups -OCH3 is 1. The molecule has 30 heavy (non-hydrogen) atoms. The lowest BCUT2D eigenvalue weighted by Gasteiger charge is -2.20. The molecule has 0 bridgehead atoms. The zero-order valence-electron chi connectivity index (χ0n) is 16.6. The van der Waals surface area contributed by atoms with Crippen molar-refractivity contribution in [3.8, 4) is 5.75 Å². The molecule has 0 saturated carbocycles. The zero-order chi connectivity index (χ0) is 20.8. The summed E-state index contributed by atoms with van der Waals surface area (Å²) in [7, 11) is 1.63. The molecule has 1 heterocycles. The van der Waals surface area contributed by atoms with E-state index in [1.54, 1.807) is 18.4 Å². The quantitative estimate of drug-likeness (QED) is 0.450. The summed E-state index contributed by atoms with van der Waals surface area (Å²) in [5.41, 5.74) is 2.93. The molecule has 4 aromatic rings. The molecule has 4 rings (SSSR count). The average molecular weight is 419 g/mol. The van der Waals surface area contributed by atoms with Crippen molar-refractivity contribution in [3.05, 3.63) is 95.0 Å². The summed E-state index contributed by atoms with van der Waals surface area (Å²) in [6.07, 6.45) is 0. The van der Waals surface area contributed by atoms with Gasteiger partial charge in [-0.15, -0.1) is 11.3 Å².